The molecule has 0 amide bonds. The molecule has 0 aliphatic heterocycles. The van der Waals surface area contributed by atoms with Crippen LogP contribution < -0.4 is 10.6 Å². The summed E-state index contributed by atoms with van der Waals surface area (Å²) in [4.78, 5) is 0. The van der Waals surface area contributed by atoms with Crippen LogP contribution in [-0.2, 0) is 13.1 Å². The van der Waals surface area contributed by atoms with E-state index in [9.17, 15) is 22.0 Å². The fourth-order valence-electron chi connectivity index (χ4n) is 3.07. The molecule has 0 saturated carbocycles. The number of nitrogens with one attached hydrogen (secondary N) is 2. The first-order valence-electron chi connectivity index (χ1n) is 9.61. The number of hydrogen-bond donors (Lipinski definition) is 2. The molecule has 4 aromatic rings. The molecule has 2 N–H and O–H groups in total. The van der Waals surface area contributed by atoms with Gasteiger partial charge in [0, 0.05) is 41.2 Å². The summed E-state index contributed by atoms with van der Waals surface area (Å²) in [5.41, 5.74) is -0.510. The highest BCUT2D eigenvalue weighted by molar-refractivity contribution is 7.80. The van der Waals surface area contributed by atoms with Crippen molar-refractivity contribution in [1.82, 2.24) is 19.6 Å². The molecule has 0 bridgehead atoms. The van der Waals surface area contributed by atoms with Gasteiger partial charge in [0.25, 0.3) is 0 Å². The highest BCUT2D eigenvalue weighted by atomic mass is 35.5. The van der Waals surface area contributed by atoms with Crippen LogP contribution in [0.2, 0.25) is 5.02 Å². The maximum absolute atomic E-state index is 14.0. The molecule has 13 heteroatoms. The van der Waals surface area contributed by atoms with Crippen LogP contribution in [0.3, 0.4) is 0 Å². The number of hydrogen-bond acceptors (Lipinski definition) is 3. The Hall–Kier alpha value is -3.51. The zero-order chi connectivity index (χ0) is 24.4. The lowest BCUT2D eigenvalue weighted by Gasteiger charge is -2.08. The molecule has 0 radical (unpaired) electrons. The van der Waals surface area contributed by atoms with Crippen molar-refractivity contribution in [2.45, 2.75) is 13.1 Å². The Morgan fingerprint density at radius 2 is 1.32 bits per heavy atom. The maximum atomic E-state index is 14.0. The lowest BCUT2D eigenvalue weighted by molar-refractivity contribution is 0.431. The third-order valence-corrected chi connectivity index (χ3v) is 5.23. The molecule has 34 heavy (non-hydrogen) atoms. The molecule has 0 fully saturated rings. The molecule has 0 atom stereocenters. The second-order valence-corrected chi connectivity index (χ2v) is 7.84. The van der Waals surface area contributed by atoms with Crippen LogP contribution in [0.25, 0.3) is 0 Å². The number of halogens is 6. The molecule has 0 spiro atoms. The molecule has 176 valence electrons. The lowest BCUT2D eigenvalue weighted by Crippen LogP contribution is -2.20. The van der Waals surface area contributed by atoms with Crippen molar-refractivity contribution < 1.29 is 22.0 Å². The third kappa shape index (κ3) is 5.18. The van der Waals surface area contributed by atoms with Crippen LogP contribution in [-0.4, -0.2) is 24.7 Å². The summed E-state index contributed by atoms with van der Waals surface area (Å²) in [7, 11) is 0. The molecule has 6 nitrogen and oxygen atoms in total. The Balaban J connectivity index is 1.38. The fraction of sp³-hybridized carbons (Fsp3) is 0.0952. The molecule has 0 saturated heterocycles. The van der Waals surface area contributed by atoms with E-state index in [4.69, 9.17) is 23.8 Å². The van der Waals surface area contributed by atoms with Gasteiger partial charge in [0.2, 0.25) is 0 Å². The van der Waals surface area contributed by atoms with Gasteiger partial charge in [-0.25, -0.2) is 22.0 Å². The van der Waals surface area contributed by atoms with Gasteiger partial charge >= 0.3 is 0 Å². The molecular weight excluding hydrogens is 499 g/mol. The first-order valence-corrected chi connectivity index (χ1v) is 10.4. The number of rotatable bonds is 6. The van der Waals surface area contributed by atoms with Crippen molar-refractivity contribution in [2.24, 2.45) is 0 Å². The van der Waals surface area contributed by atoms with E-state index in [1.54, 1.807) is 18.3 Å². The number of benzene rings is 2. The summed E-state index contributed by atoms with van der Waals surface area (Å²) in [6, 6.07) is 7.57. The van der Waals surface area contributed by atoms with Crippen LogP contribution in [0.4, 0.5) is 33.6 Å². The van der Waals surface area contributed by atoms with Gasteiger partial charge in [-0.2, -0.15) is 10.2 Å². The standard InChI is InChI=1S/C21H14ClF5N6S/c22-13-2-1-3-14(23)11(13)9-32-6-4-17(30-32)28-21(34)29-18-5-7-33(31-18)10-12-19(26)15(24)8-16(25)20(12)27/h1-8H,9-10H2,(H2,28,29,30,31,34). The summed E-state index contributed by atoms with van der Waals surface area (Å²) >= 11 is 11.2. The fourth-order valence-corrected chi connectivity index (χ4v) is 3.50. The summed E-state index contributed by atoms with van der Waals surface area (Å²) in [5, 5.41) is 14.2. The monoisotopic (exact) mass is 512 g/mol. The van der Waals surface area contributed by atoms with Crippen molar-refractivity contribution >= 4 is 40.6 Å². The second-order valence-electron chi connectivity index (χ2n) is 7.02. The molecule has 0 aliphatic carbocycles. The van der Waals surface area contributed by atoms with E-state index in [1.165, 1.54) is 29.1 Å². The van der Waals surface area contributed by atoms with Crippen molar-refractivity contribution in [3.8, 4) is 0 Å². The quantitative estimate of drug-likeness (QED) is 0.208. The molecule has 0 aliphatic rings. The third-order valence-electron chi connectivity index (χ3n) is 4.67. The summed E-state index contributed by atoms with van der Waals surface area (Å²) in [6.07, 6.45) is 2.95. The van der Waals surface area contributed by atoms with E-state index < -0.39 is 41.2 Å². The highest BCUT2D eigenvalue weighted by Crippen LogP contribution is 2.21. The first kappa shape index (κ1) is 23.6. The number of nitrogens with zero attached hydrogens (tertiary/aromatic N) is 4. The van der Waals surface area contributed by atoms with Crippen molar-refractivity contribution in [1.29, 1.82) is 0 Å². The zero-order valence-corrected chi connectivity index (χ0v) is 18.6. The van der Waals surface area contributed by atoms with Crippen LogP contribution >= 0.6 is 23.8 Å². The van der Waals surface area contributed by atoms with E-state index in [1.807, 2.05) is 0 Å². The Bertz CT molecular complexity index is 1330. The number of aromatic nitrogens is 4. The molecule has 4 rings (SSSR count). The second kappa shape index (κ2) is 9.77. The molecule has 2 aromatic carbocycles. The molecule has 2 heterocycles. The van der Waals surface area contributed by atoms with E-state index in [0.717, 1.165) is 4.68 Å². The smallest absolute Gasteiger partial charge is 0.177 e. The SMILES string of the molecule is Fc1cc(F)c(F)c(Cn2ccc(NC(=S)Nc3ccn(Cc4c(F)cccc4Cl)n3)n2)c1F. The van der Waals surface area contributed by atoms with Gasteiger partial charge < -0.3 is 10.6 Å². The predicted molar refractivity (Wildman–Crippen MR) is 120 cm³/mol. The maximum Gasteiger partial charge on any atom is 0.177 e. The van der Waals surface area contributed by atoms with Gasteiger partial charge in [-0.1, -0.05) is 17.7 Å². The molecule has 0 unspecified atom stereocenters. The largest absolute Gasteiger partial charge is 0.316 e. The van der Waals surface area contributed by atoms with E-state index >= 15 is 0 Å². The molecular formula is C21H14ClF5N6S. The minimum absolute atomic E-state index is 0.0913. The topological polar surface area (TPSA) is 59.7 Å². The Kier molecular flexibility index (Phi) is 6.80. The van der Waals surface area contributed by atoms with Gasteiger partial charge in [0.15, 0.2) is 40.0 Å². The number of thiocarbonyl (C=S) groups is 1. The lowest BCUT2D eigenvalue weighted by atomic mass is 10.2. The van der Waals surface area contributed by atoms with Crippen LogP contribution in [0.1, 0.15) is 11.1 Å². The van der Waals surface area contributed by atoms with Crippen molar-refractivity contribution in [2.75, 3.05) is 10.6 Å². The van der Waals surface area contributed by atoms with Crippen molar-refractivity contribution in [3.63, 3.8) is 0 Å². The Morgan fingerprint density at radius 3 is 1.85 bits per heavy atom. The average molecular weight is 513 g/mol. The number of anilines is 2. The predicted octanol–water partition coefficient (Wildman–Crippen LogP) is 5.33. The van der Waals surface area contributed by atoms with E-state index in [0.29, 0.717) is 5.82 Å². The van der Waals surface area contributed by atoms with E-state index in [2.05, 4.69) is 20.8 Å². The zero-order valence-electron chi connectivity index (χ0n) is 17.0. The Morgan fingerprint density at radius 1 is 0.794 bits per heavy atom. The minimum atomic E-state index is -1.50. The van der Waals surface area contributed by atoms with Crippen LogP contribution in [0, 0.1) is 29.1 Å². The van der Waals surface area contributed by atoms with E-state index in [-0.39, 0.29) is 34.1 Å². The van der Waals surface area contributed by atoms with Crippen molar-refractivity contribution in [3.05, 3.63) is 94.0 Å². The van der Waals surface area contributed by atoms with Gasteiger partial charge in [-0.15, -0.1) is 0 Å². The Labute approximate surface area is 200 Å². The van der Waals surface area contributed by atoms with Gasteiger partial charge in [-0.3, -0.25) is 9.36 Å². The van der Waals surface area contributed by atoms with Crippen LogP contribution in [0.15, 0.2) is 48.8 Å². The van der Waals surface area contributed by atoms with Gasteiger partial charge in [0.1, 0.15) is 5.82 Å². The van der Waals surface area contributed by atoms with Gasteiger partial charge in [0.05, 0.1) is 18.7 Å². The minimum Gasteiger partial charge on any atom is -0.316 e. The van der Waals surface area contributed by atoms with Gasteiger partial charge in [-0.05, 0) is 24.4 Å². The highest BCUT2D eigenvalue weighted by Gasteiger charge is 2.19. The average Bonchev–Trinajstić information content (AvgIpc) is 3.41. The normalized spacial score (nSPS) is 11.0. The summed E-state index contributed by atoms with van der Waals surface area (Å²) in [5.74, 6) is -5.88. The van der Waals surface area contributed by atoms with Crippen LogP contribution in [0.5, 0.6) is 0 Å². The summed E-state index contributed by atoms with van der Waals surface area (Å²) < 4.78 is 71.0. The first-order chi connectivity index (χ1) is 16.2. The summed E-state index contributed by atoms with van der Waals surface area (Å²) in [6.45, 7) is -0.442. The molecule has 2 aromatic heterocycles.